The number of nitrogens with one attached hydrogen (secondary N) is 1. The lowest BCUT2D eigenvalue weighted by Crippen LogP contribution is -2.19. The van der Waals surface area contributed by atoms with Crippen LogP contribution in [0, 0.1) is 5.82 Å². The minimum absolute atomic E-state index is 0.289. The van der Waals surface area contributed by atoms with Crippen LogP contribution < -0.4 is 5.32 Å². The maximum absolute atomic E-state index is 13.0. The highest BCUT2D eigenvalue weighted by molar-refractivity contribution is 5.33. The van der Waals surface area contributed by atoms with E-state index in [9.17, 15) is 9.50 Å². The van der Waals surface area contributed by atoms with Crippen LogP contribution in [0.25, 0.3) is 0 Å². The molecule has 3 nitrogen and oxygen atoms in total. The van der Waals surface area contributed by atoms with E-state index >= 15 is 0 Å². The summed E-state index contributed by atoms with van der Waals surface area (Å²) in [4.78, 5) is 0. The van der Waals surface area contributed by atoms with Gasteiger partial charge in [-0.1, -0.05) is 24.3 Å². The number of hydrogen-bond acceptors (Lipinski definition) is 3. The molecule has 2 N–H and O–H groups in total. The Morgan fingerprint density at radius 2 is 2.29 bits per heavy atom. The minimum atomic E-state index is -0.595. The van der Waals surface area contributed by atoms with Gasteiger partial charge in [-0.05, 0) is 13.0 Å². The number of hydrogen-bond donors (Lipinski definition) is 2. The molecule has 0 spiro atoms. The lowest BCUT2D eigenvalue weighted by atomic mass is 10.2. The molecule has 0 radical (unpaired) electrons. The Balaban J connectivity index is 2.22. The third-order valence-corrected chi connectivity index (χ3v) is 2.16. The molecule has 1 aromatic carbocycles. The number of aromatic hydroxyl groups is 1. The number of phenolic OH excluding ortho intramolecular Hbond substituents is 1. The van der Waals surface area contributed by atoms with Crippen LogP contribution in [0.3, 0.4) is 0 Å². The predicted octanol–water partition coefficient (Wildman–Crippen LogP) is 2.21. The van der Waals surface area contributed by atoms with Crippen LogP contribution >= 0.6 is 0 Å². The highest BCUT2D eigenvalue weighted by Gasteiger charge is 2.05. The Morgan fingerprint density at radius 1 is 1.53 bits per heavy atom. The Kier molecular flexibility index (Phi) is 5.66. The molecule has 0 aliphatic carbocycles. The molecular formula is C13H18FNO2. The molecular weight excluding hydrogens is 221 g/mol. The van der Waals surface area contributed by atoms with Gasteiger partial charge in [0, 0.05) is 18.7 Å². The molecule has 94 valence electrons. The molecule has 0 aromatic heterocycles. The van der Waals surface area contributed by atoms with Gasteiger partial charge in [-0.3, -0.25) is 0 Å². The van der Waals surface area contributed by atoms with Gasteiger partial charge < -0.3 is 15.2 Å². The summed E-state index contributed by atoms with van der Waals surface area (Å²) in [6.07, 6.45) is 0. The summed E-state index contributed by atoms with van der Waals surface area (Å²) in [7, 11) is 0. The highest BCUT2D eigenvalue weighted by atomic mass is 19.1. The third kappa shape index (κ3) is 4.97. The summed E-state index contributed by atoms with van der Waals surface area (Å²) in [6, 6.07) is 4.48. The van der Waals surface area contributed by atoms with E-state index in [1.165, 1.54) is 6.07 Å². The molecule has 17 heavy (non-hydrogen) atoms. The van der Waals surface area contributed by atoms with E-state index in [0.717, 1.165) is 5.57 Å². The van der Waals surface area contributed by atoms with Crippen LogP contribution in [0.5, 0.6) is 5.75 Å². The van der Waals surface area contributed by atoms with E-state index in [1.54, 1.807) is 12.1 Å². The average molecular weight is 239 g/mol. The molecule has 0 heterocycles. The van der Waals surface area contributed by atoms with E-state index < -0.39 is 5.82 Å². The summed E-state index contributed by atoms with van der Waals surface area (Å²) >= 11 is 0. The van der Waals surface area contributed by atoms with Gasteiger partial charge in [0.25, 0.3) is 0 Å². The van der Waals surface area contributed by atoms with Crippen molar-refractivity contribution >= 4 is 0 Å². The third-order valence-electron chi connectivity index (χ3n) is 2.16. The van der Waals surface area contributed by atoms with Crippen molar-refractivity contribution in [2.75, 3.05) is 19.8 Å². The first-order valence-electron chi connectivity index (χ1n) is 5.50. The zero-order chi connectivity index (χ0) is 12.7. The molecule has 0 amide bonds. The lowest BCUT2D eigenvalue weighted by Gasteiger charge is -2.08. The van der Waals surface area contributed by atoms with Crippen LogP contribution in [-0.2, 0) is 11.3 Å². The summed E-state index contributed by atoms with van der Waals surface area (Å²) in [5.74, 6) is -0.884. The van der Waals surface area contributed by atoms with Gasteiger partial charge in [0.05, 0.1) is 13.2 Å². The largest absolute Gasteiger partial charge is 0.505 e. The maximum atomic E-state index is 13.0. The summed E-state index contributed by atoms with van der Waals surface area (Å²) < 4.78 is 18.3. The number of ether oxygens (including phenoxy) is 1. The van der Waals surface area contributed by atoms with Gasteiger partial charge in [0.2, 0.25) is 0 Å². The quantitative estimate of drug-likeness (QED) is 0.566. The molecule has 0 saturated heterocycles. The van der Waals surface area contributed by atoms with Crippen LogP contribution in [0.2, 0.25) is 0 Å². The van der Waals surface area contributed by atoms with Crippen molar-refractivity contribution in [1.82, 2.24) is 5.32 Å². The molecule has 1 aromatic rings. The standard InChI is InChI=1S/C13H18FNO2/c1-10(2)9-17-7-6-15-8-11-4-3-5-12(14)13(11)16/h3-5,15-16H,1,6-9H2,2H3. The molecule has 0 aliphatic heterocycles. The van der Waals surface area contributed by atoms with E-state index in [1.807, 2.05) is 6.92 Å². The molecule has 0 bridgehead atoms. The average Bonchev–Trinajstić information content (AvgIpc) is 2.28. The fourth-order valence-electron chi connectivity index (χ4n) is 1.32. The zero-order valence-corrected chi connectivity index (χ0v) is 10.0. The Hall–Kier alpha value is -1.39. The van der Waals surface area contributed by atoms with Crippen molar-refractivity contribution < 1.29 is 14.2 Å². The van der Waals surface area contributed by atoms with Gasteiger partial charge in [-0.25, -0.2) is 4.39 Å². The van der Waals surface area contributed by atoms with Crippen LogP contribution in [0.15, 0.2) is 30.4 Å². The number of phenols is 1. The van der Waals surface area contributed by atoms with Crippen molar-refractivity contribution in [3.8, 4) is 5.75 Å². The number of benzene rings is 1. The van der Waals surface area contributed by atoms with Gasteiger partial charge in [-0.15, -0.1) is 0 Å². The highest BCUT2D eigenvalue weighted by Crippen LogP contribution is 2.19. The van der Waals surface area contributed by atoms with Crippen molar-refractivity contribution in [3.05, 3.63) is 41.7 Å². The van der Waals surface area contributed by atoms with Gasteiger partial charge in [0.15, 0.2) is 11.6 Å². The topological polar surface area (TPSA) is 41.5 Å². The summed E-state index contributed by atoms with van der Waals surface area (Å²) in [5, 5.41) is 12.5. The summed E-state index contributed by atoms with van der Waals surface area (Å²) in [5.41, 5.74) is 1.53. The van der Waals surface area contributed by atoms with E-state index in [4.69, 9.17) is 4.74 Å². The molecule has 1 rings (SSSR count). The SMILES string of the molecule is C=C(C)COCCNCc1cccc(F)c1O. The zero-order valence-electron chi connectivity index (χ0n) is 10.0. The Labute approximate surface area is 101 Å². The normalized spacial score (nSPS) is 10.5. The van der Waals surface area contributed by atoms with Crippen molar-refractivity contribution in [3.63, 3.8) is 0 Å². The van der Waals surface area contributed by atoms with Crippen molar-refractivity contribution in [2.45, 2.75) is 13.5 Å². The first kappa shape index (κ1) is 13.7. The fourth-order valence-corrected chi connectivity index (χ4v) is 1.32. The fraction of sp³-hybridized carbons (Fsp3) is 0.385. The Bertz CT molecular complexity index is 380. The van der Waals surface area contributed by atoms with Crippen molar-refractivity contribution in [1.29, 1.82) is 0 Å². The number of halogens is 1. The van der Waals surface area contributed by atoms with Crippen LogP contribution in [0.1, 0.15) is 12.5 Å². The molecule has 0 atom stereocenters. The Morgan fingerprint density at radius 3 is 3.00 bits per heavy atom. The van der Waals surface area contributed by atoms with Crippen molar-refractivity contribution in [2.24, 2.45) is 0 Å². The molecule has 0 aliphatic rings. The first-order valence-corrected chi connectivity index (χ1v) is 5.50. The smallest absolute Gasteiger partial charge is 0.165 e. The van der Waals surface area contributed by atoms with Crippen LogP contribution in [-0.4, -0.2) is 24.9 Å². The molecule has 4 heteroatoms. The van der Waals surface area contributed by atoms with E-state index in [-0.39, 0.29) is 5.75 Å². The second-order valence-electron chi connectivity index (χ2n) is 3.93. The summed E-state index contributed by atoms with van der Waals surface area (Å²) in [6.45, 7) is 7.79. The molecule has 0 saturated carbocycles. The van der Waals surface area contributed by atoms with E-state index in [2.05, 4.69) is 11.9 Å². The second-order valence-corrected chi connectivity index (χ2v) is 3.93. The predicted molar refractivity (Wildman–Crippen MR) is 65.4 cm³/mol. The van der Waals surface area contributed by atoms with E-state index in [0.29, 0.717) is 31.9 Å². The number of rotatable bonds is 7. The first-order chi connectivity index (χ1) is 8.11. The molecule has 0 unspecified atom stereocenters. The second kappa shape index (κ2) is 7.04. The van der Waals surface area contributed by atoms with Gasteiger partial charge in [-0.2, -0.15) is 0 Å². The van der Waals surface area contributed by atoms with Gasteiger partial charge in [0.1, 0.15) is 0 Å². The molecule has 0 fully saturated rings. The maximum Gasteiger partial charge on any atom is 0.165 e. The van der Waals surface area contributed by atoms with Crippen LogP contribution in [0.4, 0.5) is 4.39 Å². The van der Waals surface area contributed by atoms with Gasteiger partial charge >= 0.3 is 0 Å². The minimum Gasteiger partial charge on any atom is -0.505 e. The monoisotopic (exact) mass is 239 g/mol. The lowest BCUT2D eigenvalue weighted by molar-refractivity contribution is 0.157. The number of para-hydroxylation sites is 1.